The van der Waals surface area contributed by atoms with Crippen LogP contribution in [-0.4, -0.2) is 36.3 Å². The summed E-state index contributed by atoms with van der Waals surface area (Å²) in [7, 11) is 0. The van der Waals surface area contributed by atoms with Crippen LogP contribution in [0, 0.1) is 5.82 Å². The van der Waals surface area contributed by atoms with Gasteiger partial charge in [-0.25, -0.2) is 14.0 Å². The third-order valence-electron chi connectivity index (χ3n) is 4.20. The number of nitrogens with one attached hydrogen (secondary N) is 2. The van der Waals surface area contributed by atoms with Gasteiger partial charge in [0.25, 0.3) is 0 Å². The molecule has 1 aliphatic carbocycles. The summed E-state index contributed by atoms with van der Waals surface area (Å²) in [4.78, 5) is 24.1. The Hall–Kier alpha value is -2.72. The maximum atomic E-state index is 13.6. The highest BCUT2D eigenvalue weighted by Gasteiger charge is 2.47. The summed E-state index contributed by atoms with van der Waals surface area (Å²) in [6, 6.07) is 3.03. The van der Waals surface area contributed by atoms with Crippen molar-refractivity contribution in [1.82, 2.24) is 10.6 Å². The van der Waals surface area contributed by atoms with Gasteiger partial charge in [0.15, 0.2) is 11.6 Å². The van der Waals surface area contributed by atoms with Gasteiger partial charge in [0.05, 0.1) is 11.1 Å². The number of alkyl halides is 3. The van der Waals surface area contributed by atoms with Gasteiger partial charge in [-0.05, 0) is 65.2 Å². The van der Waals surface area contributed by atoms with Gasteiger partial charge >= 0.3 is 18.5 Å². The smallest absolute Gasteiger partial charge is 0.447 e. The fraction of sp³-hybridized carbons (Fsp3) is 0.600. The fourth-order valence-electron chi connectivity index (χ4n) is 2.71. The number of carbonyl (C=O) groups excluding carboxylic acids is 2. The summed E-state index contributed by atoms with van der Waals surface area (Å²) in [5.74, 6) is -2.15. The van der Waals surface area contributed by atoms with E-state index in [1.807, 2.05) is 0 Å². The number of hydrogen-bond donors (Lipinski definition) is 2. The van der Waals surface area contributed by atoms with Gasteiger partial charge in [0.1, 0.15) is 12.2 Å². The highest BCUT2D eigenvalue weighted by atomic mass is 19.4. The van der Waals surface area contributed by atoms with Crippen LogP contribution in [0.1, 0.15) is 53.0 Å². The molecule has 1 fully saturated rings. The van der Waals surface area contributed by atoms with Crippen LogP contribution in [0.25, 0.3) is 0 Å². The average Bonchev–Trinajstić information content (AvgIpc) is 3.32. The molecule has 0 unspecified atom stereocenters. The SMILES string of the molecule is CC(C)(COC(=O)NC1(c2ccc(F)c(OC(F)(F)F)c2)CC1)NC(=O)OC(C)(C)C. The molecule has 31 heavy (non-hydrogen) atoms. The van der Waals surface area contributed by atoms with E-state index in [9.17, 15) is 27.2 Å². The first-order valence-corrected chi connectivity index (χ1v) is 9.52. The van der Waals surface area contributed by atoms with Crippen LogP contribution < -0.4 is 15.4 Å². The lowest BCUT2D eigenvalue weighted by atomic mass is 10.0. The minimum Gasteiger partial charge on any atom is -0.447 e. The Bertz CT molecular complexity index is 830. The second-order valence-corrected chi connectivity index (χ2v) is 8.99. The zero-order chi connectivity index (χ0) is 23.7. The van der Waals surface area contributed by atoms with E-state index in [0.717, 1.165) is 12.1 Å². The van der Waals surface area contributed by atoms with Crippen molar-refractivity contribution >= 4 is 12.2 Å². The van der Waals surface area contributed by atoms with Crippen molar-refractivity contribution in [2.24, 2.45) is 0 Å². The summed E-state index contributed by atoms with van der Waals surface area (Å²) in [5.41, 5.74) is -2.35. The number of carbonyl (C=O) groups is 2. The molecule has 174 valence electrons. The van der Waals surface area contributed by atoms with Crippen molar-refractivity contribution in [3.63, 3.8) is 0 Å². The molecule has 2 amide bonds. The quantitative estimate of drug-likeness (QED) is 0.612. The number of hydrogen-bond acceptors (Lipinski definition) is 5. The highest BCUT2D eigenvalue weighted by Crippen LogP contribution is 2.47. The van der Waals surface area contributed by atoms with E-state index in [1.54, 1.807) is 34.6 Å². The first-order valence-electron chi connectivity index (χ1n) is 9.52. The average molecular weight is 450 g/mol. The van der Waals surface area contributed by atoms with Crippen molar-refractivity contribution in [3.8, 4) is 5.75 Å². The van der Waals surface area contributed by atoms with Crippen molar-refractivity contribution in [2.75, 3.05) is 6.61 Å². The second kappa shape index (κ2) is 8.43. The summed E-state index contributed by atoms with van der Waals surface area (Å²) < 4.78 is 65.0. The van der Waals surface area contributed by atoms with E-state index in [4.69, 9.17) is 9.47 Å². The molecule has 1 aromatic rings. The Morgan fingerprint density at radius 2 is 1.68 bits per heavy atom. The normalized spacial score (nSPS) is 15.6. The molecule has 7 nitrogen and oxygen atoms in total. The van der Waals surface area contributed by atoms with E-state index >= 15 is 0 Å². The molecule has 0 radical (unpaired) electrons. The molecule has 11 heteroatoms. The second-order valence-electron chi connectivity index (χ2n) is 8.99. The van der Waals surface area contributed by atoms with E-state index in [1.165, 1.54) is 6.07 Å². The monoisotopic (exact) mass is 450 g/mol. The van der Waals surface area contributed by atoms with Gasteiger partial charge in [-0.3, -0.25) is 0 Å². The molecule has 0 heterocycles. The summed E-state index contributed by atoms with van der Waals surface area (Å²) >= 11 is 0. The van der Waals surface area contributed by atoms with E-state index in [2.05, 4.69) is 15.4 Å². The number of benzene rings is 1. The Morgan fingerprint density at radius 1 is 1.06 bits per heavy atom. The molecule has 0 aromatic heterocycles. The highest BCUT2D eigenvalue weighted by molar-refractivity contribution is 5.70. The van der Waals surface area contributed by atoms with Crippen LogP contribution in [0.5, 0.6) is 5.75 Å². The van der Waals surface area contributed by atoms with Crippen molar-refractivity contribution in [2.45, 2.75) is 70.5 Å². The van der Waals surface area contributed by atoms with Gasteiger partial charge in [0.2, 0.25) is 0 Å². The first kappa shape index (κ1) is 24.5. The lowest BCUT2D eigenvalue weighted by molar-refractivity contribution is -0.275. The Kier molecular flexibility index (Phi) is 6.67. The lowest BCUT2D eigenvalue weighted by Crippen LogP contribution is -2.50. The van der Waals surface area contributed by atoms with Crippen LogP contribution in [0.15, 0.2) is 18.2 Å². The number of rotatable bonds is 6. The topological polar surface area (TPSA) is 85.9 Å². The molecule has 0 bridgehead atoms. The third-order valence-corrected chi connectivity index (χ3v) is 4.20. The summed E-state index contributed by atoms with van der Waals surface area (Å²) in [6.45, 7) is 8.17. The molecule has 0 spiro atoms. The standard InChI is InChI=1S/C20H26F4N2O5/c1-17(2,3)31-16(28)25-18(4,5)11-29-15(27)26-19(8-9-19)12-6-7-13(21)14(10-12)30-20(22,23)24/h6-7,10H,8-9,11H2,1-5H3,(H,25,28)(H,26,27). The molecule has 0 atom stereocenters. The van der Waals surface area contributed by atoms with Crippen LogP contribution in [0.4, 0.5) is 27.2 Å². The zero-order valence-corrected chi connectivity index (χ0v) is 17.9. The Balaban J connectivity index is 1.96. The van der Waals surface area contributed by atoms with Crippen molar-refractivity contribution < 1.29 is 41.4 Å². The molecule has 2 rings (SSSR count). The molecule has 0 saturated heterocycles. The molecule has 2 N–H and O–H groups in total. The lowest BCUT2D eigenvalue weighted by Gasteiger charge is -2.28. The molecule has 1 saturated carbocycles. The van der Waals surface area contributed by atoms with E-state index < -0.39 is 46.8 Å². The molecule has 0 aliphatic heterocycles. The van der Waals surface area contributed by atoms with Crippen LogP contribution >= 0.6 is 0 Å². The number of halogens is 4. The minimum absolute atomic E-state index is 0.194. The Morgan fingerprint density at radius 3 is 2.19 bits per heavy atom. The van der Waals surface area contributed by atoms with Crippen molar-refractivity contribution in [1.29, 1.82) is 0 Å². The Labute approximate surface area is 177 Å². The molecule has 1 aromatic carbocycles. The van der Waals surface area contributed by atoms with Crippen molar-refractivity contribution in [3.05, 3.63) is 29.6 Å². The minimum atomic E-state index is -5.05. The maximum Gasteiger partial charge on any atom is 0.573 e. The fourth-order valence-corrected chi connectivity index (χ4v) is 2.71. The van der Waals surface area contributed by atoms with Crippen LogP contribution in [0.3, 0.4) is 0 Å². The number of alkyl carbamates (subject to hydrolysis) is 2. The zero-order valence-electron chi connectivity index (χ0n) is 17.9. The third kappa shape index (κ3) is 7.80. The largest absolute Gasteiger partial charge is 0.573 e. The van der Waals surface area contributed by atoms with Gasteiger partial charge in [-0.15, -0.1) is 13.2 Å². The van der Waals surface area contributed by atoms with Gasteiger partial charge in [-0.1, -0.05) is 6.07 Å². The van der Waals surface area contributed by atoms with Crippen LogP contribution in [0.2, 0.25) is 0 Å². The maximum absolute atomic E-state index is 13.6. The van der Waals surface area contributed by atoms with E-state index in [0.29, 0.717) is 12.8 Å². The summed E-state index contributed by atoms with van der Waals surface area (Å²) in [6.07, 6.45) is -5.70. The molecule has 1 aliphatic rings. The predicted molar refractivity (Wildman–Crippen MR) is 102 cm³/mol. The first-order chi connectivity index (χ1) is 14.0. The van der Waals surface area contributed by atoms with Gasteiger partial charge < -0.3 is 24.8 Å². The summed E-state index contributed by atoms with van der Waals surface area (Å²) in [5, 5.41) is 5.18. The van der Waals surface area contributed by atoms with Gasteiger partial charge in [0, 0.05) is 0 Å². The number of ether oxygens (including phenoxy) is 3. The number of amides is 2. The molecular weight excluding hydrogens is 424 g/mol. The van der Waals surface area contributed by atoms with Crippen LogP contribution in [-0.2, 0) is 15.0 Å². The van der Waals surface area contributed by atoms with E-state index in [-0.39, 0.29) is 12.2 Å². The predicted octanol–water partition coefficient (Wildman–Crippen LogP) is 4.74. The molecular formula is C20H26F4N2O5. The van der Waals surface area contributed by atoms with Gasteiger partial charge in [-0.2, -0.15) is 0 Å².